The number of aliphatic carboxylic acids is 1. The van der Waals surface area contributed by atoms with Crippen LogP contribution in [0.3, 0.4) is 0 Å². The van der Waals surface area contributed by atoms with Crippen molar-refractivity contribution >= 4 is 22.7 Å². The van der Waals surface area contributed by atoms with Gasteiger partial charge in [0.1, 0.15) is 0 Å². The van der Waals surface area contributed by atoms with Crippen molar-refractivity contribution < 1.29 is 14.7 Å². The Morgan fingerprint density at radius 1 is 1.00 bits per heavy atom. The number of nitrogens with one attached hydrogen (secondary N) is 1. The highest BCUT2D eigenvalue weighted by Crippen LogP contribution is 2.32. The number of carboxylic acid groups (broad SMARTS) is 1. The first-order valence-corrected chi connectivity index (χ1v) is 9.27. The number of hydrogen-bond acceptors (Lipinski definition) is 3. The van der Waals surface area contributed by atoms with Crippen molar-refractivity contribution in [3.8, 4) is 0 Å². The largest absolute Gasteiger partial charge is 0.481 e. The lowest BCUT2D eigenvalue weighted by Crippen LogP contribution is -2.41. The molecule has 27 heavy (non-hydrogen) atoms. The van der Waals surface area contributed by atoms with E-state index in [-0.39, 0.29) is 11.7 Å². The van der Waals surface area contributed by atoms with Crippen LogP contribution in [0.1, 0.15) is 34.8 Å². The summed E-state index contributed by atoms with van der Waals surface area (Å²) in [4.78, 5) is 30.1. The van der Waals surface area contributed by atoms with Crippen molar-refractivity contribution in [2.45, 2.75) is 18.9 Å². The van der Waals surface area contributed by atoms with Gasteiger partial charge in [0.25, 0.3) is 0 Å². The van der Waals surface area contributed by atoms with E-state index in [9.17, 15) is 14.7 Å². The van der Waals surface area contributed by atoms with Crippen LogP contribution < -0.4 is 0 Å². The van der Waals surface area contributed by atoms with E-state index >= 15 is 0 Å². The van der Waals surface area contributed by atoms with E-state index in [2.05, 4.69) is 9.88 Å². The highest BCUT2D eigenvalue weighted by molar-refractivity contribution is 6.10. The third-order valence-corrected chi connectivity index (χ3v) is 5.46. The maximum absolute atomic E-state index is 13.6. The molecule has 1 fully saturated rings. The third-order valence-electron chi connectivity index (χ3n) is 5.46. The van der Waals surface area contributed by atoms with Gasteiger partial charge in [-0.15, -0.1) is 0 Å². The highest BCUT2D eigenvalue weighted by atomic mass is 16.4. The van der Waals surface area contributed by atoms with Gasteiger partial charge in [-0.05, 0) is 24.5 Å². The zero-order chi connectivity index (χ0) is 18.8. The number of fused-ring (bicyclic) bond motifs is 1. The van der Waals surface area contributed by atoms with Crippen molar-refractivity contribution in [2.24, 2.45) is 5.92 Å². The predicted molar refractivity (Wildman–Crippen MR) is 104 cm³/mol. The van der Waals surface area contributed by atoms with Crippen LogP contribution >= 0.6 is 0 Å². The summed E-state index contributed by atoms with van der Waals surface area (Å²) >= 11 is 0. The number of nitrogens with zero attached hydrogens (tertiary/aromatic N) is 1. The number of piperidine rings is 1. The van der Waals surface area contributed by atoms with Gasteiger partial charge in [-0.1, -0.05) is 48.5 Å². The molecular formula is C22H22N2O3. The molecule has 4 rings (SSSR count). The van der Waals surface area contributed by atoms with Crippen LogP contribution in [0.5, 0.6) is 0 Å². The second-order valence-electron chi connectivity index (χ2n) is 7.07. The van der Waals surface area contributed by atoms with Gasteiger partial charge in [-0.2, -0.15) is 0 Å². The van der Waals surface area contributed by atoms with Crippen LogP contribution in [-0.4, -0.2) is 39.8 Å². The number of Topliss-reactive ketones (excluding diaryl/α,β-unsaturated/α-hetero) is 1. The Morgan fingerprint density at radius 2 is 1.67 bits per heavy atom. The first-order valence-electron chi connectivity index (χ1n) is 9.27. The van der Waals surface area contributed by atoms with Crippen molar-refractivity contribution in [1.29, 1.82) is 0 Å². The summed E-state index contributed by atoms with van der Waals surface area (Å²) in [6.45, 7) is 1.20. The van der Waals surface area contributed by atoms with Gasteiger partial charge in [0.15, 0.2) is 5.78 Å². The second kappa shape index (κ2) is 7.37. The van der Waals surface area contributed by atoms with E-state index in [1.54, 1.807) is 6.20 Å². The molecule has 1 saturated heterocycles. The Hall–Kier alpha value is -2.92. The summed E-state index contributed by atoms with van der Waals surface area (Å²) in [5.74, 6) is -1.01. The van der Waals surface area contributed by atoms with Crippen molar-refractivity contribution in [1.82, 2.24) is 9.88 Å². The number of ketones is 1. The van der Waals surface area contributed by atoms with Crippen LogP contribution in [0.25, 0.3) is 10.9 Å². The van der Waals surface area contributed by atoms with Crippen LogP contribution in [0.4, 0.5) is 0 Å². The number of benzene rings is 2. The quantitative estimate of drug-likeness (QED) is 0.676. The number of H-pyrrole nitrogens is 1. The molecule has 0 aliphatic carbocycles. The molecule has 1 atom stereocenters. The monoisotopic (exact) mass is 362 g/mol. The fourth-order valence-corrected chi connectivity index (χ4v) is 3.99. The van der Waals surface area contributed by atoms with Gasteiger partial charge in [-0.25, -0.2) is 0 Å². The normalized spacial score (nSPS) is 17.0. The number of para-hydroxylation sites is 1. The van der Waals surface area contributed by atoms with Crippen molar-refractivity contribution in [3.05, 3.63) is 71.9 Å². The van der Waals surface area contributed by atoms with Crippen LogP contribution in [0.2, 0.25) is 0 Å². The van der Waals surface area contributed by atoms with E-state index < -0.39 is 12.0 Å². The van der Waals surface area contributed by atoms with Gasteiger partial charge >= 0.3 is 5.97 Å². The highest BCUT2D eigenvalue weighted by Gasteiger charge is 2.34. The molecule has 2 aromatic carbocycles. The van der Waals surface area contributed by atoms with Gasteiger partial charge in [0, 0.05) is 35.8 Å². The molecule has 0 bridgehead atoms. The fraction of sp³-hybridized carbons (Fsp3) is 0.273. The summed E-state index contributed by atoms with van der Waals surface area (Å²) in [6.07, 6.45) is 2.92. The molecule has 0 saturated carbocycles. The Bertz CT molecular complexity index is 956. The average molecular weight is 362 g/mol. The summed E-state index contributed by atoms with van der Waals surface area (Å²) in [5, 5.41) is 10.2. The first kappa shape index (κ1) is 17.5. The molecule has 3 aromatic rings. The molecule has 2 N–H and O–H groups in total. The molecule has 1 aromatic heterocycles. The van der Waals surface area contributed by atoms with E-state index in [1.165, 1.54) is 0 Å². The Morgan fingerprint density at radius 3 is 2.37 bits per heavy atom. The maximum Gasteiger partial charge on any atom is 0.306 e. The zero-order valence-corrected chi connectivity index (χ0v) is 15.0. The van der Waals surface area contributed by atoms with Crippen LogP contribution in [0.15, 0.2) is 60.8 Å². The van der Waals surface area contributed by atoms with Crippen LogP contribution in [-0.2, 0) is 4.79 Å². The standard InChI is InChI=1S/C22H22N2O3/c25-21(18-14-23-19-9-5-4-8-17(18)19)20(15-6-2-1-3-7-15)24-12-10-16(11-13-24)22(26)27/h1-9,14,16,20,23H,10-13H2,(H,26,27). The molecule has 0 spiro atoms. The number of likely N-dealkylation sites (tertiary alicyclic amines) is 1. The lowest BCUT2D eigenvalue weighted by molar-refractivity contribution is -0.143. The van der Waals surface area contributed by atoms with Crippen molar-refractivity contribution in [2.75, 3.05) is 13.1 Å². The smallest absolute Gasteiger partial charge is 0.306 e. The molecule has 2 heterocycles. The summed E-state index contributed by atoms with van der Waals surface area (Å²) in [7, 11) is 0. The van der Waals surface area contributed by atoms with Crippen LogP contribution in [0, 0.1) is 5.92 Å². The third kappa shape index (κ3) is 3.38. The van der Waals surface area contributed by atoms with E-state index in [0.717, 1.165) is 16.5 Å². The molecule has 1 aliphatic rings. The zero-order valence-electron chi connectivity index (χ0n) is 15.0. The Balaban J connectivity index is 1.69. The molecule has 0 amide bonds. The van der Waals surface area contributed by atoms with Gasteiger partial charge < -0.3 is 10.1 Å². The first-order chi connectivity index (χ1) is 13.1. The summed E-state index contributed by atoms with van der Waals surface area (Å²) in [6, 6.07) is 17.2. The van der Waals surface area contributed by atoms with E-state index in [0.29, 0.717) is 31.5 Å². The van der Waals surface area contributed by atoms with Gasteiger partial charge in [-0.3, -0.25) is 14.5 Å². The molecule has 1 aliphatic heterocycles. The van der Waals surface area contributed by atoms with Gasteiger partial charge in [0.05, 0.1) is 12.0 Å². The molecule has 5 heteroatoms. The summed E-state index contributed by atoms with van der Waals surface area (Å²) < 4.78 is 0. The minimum absolute atomic E-state index is 0.0485. The predicted octanol–water partition coefficient (Wildman–Crippen LogP) is 3.89. The minimum Gasteiger partial charge on any atom is -0.481 e. The lowest BCUT2D eigenvalue weighted by Gasteiger charge is -2.36. The number of aromatic nitrogens is 1. The average Bonchev–Trinajstić information content (AvgIpc) is 3.13. The Labute approximate surface area is 157 Å². The summed E-state index contributed by atoms with van der Waals surface area (Å²) in [5.41, 5.74) is 2.57. The number of aromatic amines is 1. The molecule has 5 nitrogen and oxygen atoms in total. The number of carbonyl (C=O) groups is 2. The second-order valence-corrected chi connectivity index (χ2v) is 7.07. The van der Waals surface area contributed by atoms with Gasteiger partial charge in [0.2, 0.25) is 0 Å². The Kier molecular flexibility index (Phi) is 4.77. The maximum atomic E-state index is 13.6. The molecule has 138 valence electrons. The number of rotatable bonds is 5. The lowest BCUT2D eigenvalue weighted by atomic mass is 9.91. The fourth-order valence-electron chi connectivity index (χ4n) is 3.99. The van der Waals surface area contributed by atoms with Crippen molar-refractivity contribution in [3.63, 3.8) is 0 Å². The molecular weight excluding hydrogens is 340 g/mol. The topological polar surface area (TPSA) is 73.4 Å². The number of carboxylic acids is 1. The number of carbonyl (C=O) groups excluding carboxylic acids is 1. The number of hydrogen-bond donors (Lipinski definition) is 2. The molecule has 0 radical (unpaired) electrons. The minimum atomic E-state index is -0.742. The molecule has 1 unspecified atom stereocenters. The SMILES string of the molecule is O=C(O)C1CCN(C(C(=O)c2c[nH]c3ccccc23)c2ccccc2)CC1. The van der Waals surface area contributed by atoms with E-state index in [1.807, 2.05) is 54.6 Å². The van der Waals surface area contributed by atoms with E-state index in [4.69, 9.17) is 0 Å².